The van der Waals surface area contributed by atoms with E-state index in [4.69, 9.17) is 10.2 Å². The van der Waals surface area contributed by atoms with E-state index in [0.29, 0.717) is 6.42 Å². The number of hydrogen-bond acceptors (Lipinski definition) is 3. The Morgan fingerprint density at radius 1 is 1.00 bits per heavy atom. The maximum absolute atomic E-state index is 11.6. The van der Waals surface area contributed by atoms with Crippen LogP contribution in [0.15, 0.2) is 0 Å². The van der Waals surface area contributed by atoms with Gasteiger partial charge in [0.2, 0.25) is 5.91 Å². The van der Waals surface area contributed by atoms with Crippen LogP contribution in [0.5, 0.6) is 0 Å². The van der Waals surface area contributed by atoms with Crippen molar-refractivity contribution < 1.29 is 19.8 Å². The van der Waals surface area contributed by atoms with Gasteiger partial charge in [0.15, 0.2) is 0 Å². The van der Waals surface area contributed by atoms with Crippen molar-refractivity contribution in [2.45, 2.75) is 77.2 Å². The number of hydrogen-bond donors (Lipinski definition) is 3. The quantitative estimate of drug-likeness (QED) is 0.454. The molecule has 0 radical (unpaired) electrons. The summed E-state index contributed by atoms with van der Waals surface area (Å²) in [7, 11) is 0. The molecule has 5 heteroatoms. The first-order valence-corrected chi connectivity index (χ1v) is 7.74. The summed E-state index contributed by atoms with van der Waals surface area (Å²) < 4.78 is 0. The molecule has 0 fully saturated rings. The van der Waals surface area contributed by atoms with E-state index in [-0.39, 0.29) is 18.9 Å². The van der Waals surface area contributed by atoms with Crippen LogP contribution < -0.4 is 5.32 Å². The third-order valence-electron chi connectivity index (χ3n) is 3.31. The van der Waals surface area contributed by atoms with Crippen molar-refractivity contribution in [2.75, 3.05) is 6.61 Å². The molecule has 0 aliphatic heterocycles. The minimum Gasteiger partial charge on any atom is -0.480 e. The number of carbonyl (C=O) groups is 2. The third kappa shape index (κ3) is 10.8. The number of unbranched alkanes of at least 4 members (excludes halogenated alkanes) is 7. The van der Waals surface area contributed by atoms with E-state index in [1.165, 1.54) is 32.1 Å². The number of carboxylic acids is 1. The van der Waals surface area contributed by atoms with Gasteiger partial charge in [-0.25, -0.2) is 4.79 Å². The molecule has 0 heterocycles. The Hall–Kier alpha value is -1.10. The number of aliphatic carboxylic acids is 1. The van der Waals surface area contributed by atoms with E-state index in [0.717, 1.165) is 19.3 Å². The lowest BCUT2D eigenvalue weighted by Crippen LogP contribution is -2.41. The van der Waals surface area contributed by atoms with Crippen molar-refractivity contribution >= 4 is 11.9 Å². The molecule has 0 rings (SSSR count). The van der Waals surface area contributed by atoms with Crippen LogP contribution in [0, 0.1) is 0 Å². The molecule has 0 aliphatic carbocycles. The summed E-state index contributed by atoms with van der Waals surface area (Å²) in [6.45, 7) is 1.95. The molecule has 0 aromatic rings. The molecule has 1 atom stereocenters. The number of aliphatic hydroxyl groups is 1. The normalized spacial score (nSPS) is 12.1. The number of rotatable bonds is 13. The van der Waals surface area contributed by atoms with Crippen LogP contribution in [-0.4, -0.2) is 34.7 Å². The van der Waals surface area contributed by atoms with Crippen molar-refractivity contribution in [3.05, 3.63) is 0 Å². The molecule has 0 saturated heterocycles. The molecule has 0 aromatic heterocycles. The van der Waals surface area contributed by atoms with Crippen LogP contribution in [0.1, 0.15) is 71.1 Å². The fraction of sp³-hybridized carbons (Fsp3) is 0.867. The Balaban J connectivity index is 3.55. The number of amides is 1. The molecule has 0 aromatic carbocycles. The van der Waals surface area contributed by atoms with E-state index in [2.05, 4.69) is 12.2 Å². The van der Waals surface area contributed by atoms with Gasteiger partial charge in [0, 0.05) is 19.4 Å². The van der Waals surface area contributed by atoms with Gasteiger partial charge in [0.25, 0.3) is 0 Å². The second-order valence-electron chi connectivity index (χ2n) is 5.20. The maximum atomic E-state index is 11.6. The summed E-state index contributed by atoms with van der Waals surface area (Å²) in [5.41, 5.74) is 0. The first kappa shape index (κ1) is 18.9. The largest absolute Gasteiger partial charge is 0.480 e. The molecule has 3 N–H and O–H groups in total. The zero-order chi connectivity index (χ0) is 15.2. The number of carbonyl (C=O) groups excluding carboxylic acids is 1. The molecular formula is C15H29NO4. The lowest BCUT2D eigenvalue weighted by Gasteiger charge is -2.12. The average Bonchev–Trinajstić information content (AvgIpc) is 2.41. The molecule has 0 bridgehead atoms. The standard InChI is InChI=1S/C15H29NO4/c1-2-3-4-5-6-7-8-9-10-14(18)16-13(11-12-17)15(19)20/h13,17H,2-12H2,1H3,(H,16,18)(H,19,20)/t13-/m0/s1. The Bertz CT molecular complexity index is 269. The number of carboxylic acid groups (broad SMARTS) is 1. The predicted octanol–water partition coefficient (Wildman–Crippen LogP) is 2.47. The highest BCUT2D eigenvalue weighted by molar-refractivity contribution is 5.83. The Morgan fingerprint density at radius 2 is 1.55 bits per heavy atom. The molecule has 0 unspecified atom stereocenters. The summed E-state index contributed by atoms with van der Waals surface area (Å²) >= 11 is 0. The second kappa shape index (κ2) is 12.9. The van der Waals surface area contributed by atoms with Crippen molar-refractivity contribution in [1.29, 1.82) is 0 Å². The van der Waals surface area contributed by atoms with E-state index in [1.807, 2.05) is 0 Å². The molecular weight excluding hydrogens is 258 g/mol. The van der Waals surface area contributed by atoms with Crippen LogP contribution in [0.3, 0.4) is 0 Å². The van der Waals surface area contributed by atoms with Crippen molar-refractivity contribution in [2.24, 2.45) is 0 Å². The highest BCUT2D eigenvalue weighted by Gasteiger charge is 2.18. The van der Waals surface area contributed by atoms with Crippen molar-refractivity contribution in [3.63, 3.8) is 0 Å². The third-order valence-corrected chi connectivity index (χ3v) is 3.31. The van der Waals surface area contributed by atoms with Crippen molar-refractivity contribution in [1.82, 2.24) is 5.32 Å². The first-order chi connectivity index (χ1) is 9.61. The van der Waals surface area contributed by atoms with Gasteiger partial charge in [-0.3, -0.25) is 4.79 Å². The summed E-state index contributed by atoms with van der Waals surface area (Å²) in [6.07, 6.45) is 9.67. The number of nitrogens with one attached hydrogen (secondary N) is 1. The van der Waals surface area contributed by atoms with E-state index < -0.39 is 12.0 Å². The molecule has 5 nitrogen and oxygen atoms in total. The molecule has 118 valence electrons. The molecule has 0 spiro atoms. The highest BCUT2D eigenvalue weighted by atomic mass is 16.4. The minimum atomic E-state index is -1.09. The molecule has 0 saturated carbocycles. The van der Waals surface area contributed by atoms with Gasteiger partial charge < -0.3 is 15.5 Å². The fourth-order valence-electron chi connectivity index (χ4n) is 2.07. The SMILES string of the molecule is CCCCCCCCCCC(=O)N[C@@H](CCO)C(=O)O. The minimum absolute atomic E-state index is 0.0541. The summed E-state index contributed by atoms with van der Waals surface area (Å²) in [6, 6.07) is -0.971. The fourth-order valence-corrected chi connectivity index (χ4v) is 2.07. The van der Waals surface area contributed by atoms with Crippen LogP contribution in [0.2, 0.25) is 0 Å². The van der Waals surface area contributed by atoms with Crippen molar-refractivity contribution in [3.8, 4) is 0 Å². The van der Waals surface area contributed by atoms with Gasteiger partial charge in [0.05, 0.1) is 0 Å². The van der Waals surface area contributed by atoms with Gasteiger partial charge in [-0.05, 0) is 6.42 Å². The Kier molecular flexibility index (Phi) is 12.2. The van der Waals surface area contributed by atoms with Gasteiger partial charge in [-0.2, -0.15) is 0 Å². The van der Waals surface area contributed by atoms with Gasteiger partial charge in [-0.1, -0.05) is 51.9 Å². The van der Waals surface area contributed by atoms with Gasteiger partial charge in [-0.15, -0.1) is 0 Å². The zero-order valence-corrected chi connectivity index (χ0v) is 12.6. The number of aliphatic hydroxyl groups excluding tert-OH is 1. The van der Waals surface area contributed by atoms with Crippen LogP contribution in [0.4, 0.5) is 0 Å². The van der Waals surface area contributed by atoms with E-state index in [1.54, 1.807) is 0 Å². The summed E-state index contributed by atoms with van der Waals surface area (Å²) in [4.78, 5) is 22.4. The molecule has 0 aliphatic rings. The smallest absolute Gasteiger partial charge is 0.326 e. The molecule has 20 heavy (non-hydrogen) atoms. The van der Waals surface area contributed by atoms with Gasteiger partial charge >= 0.3 is 5.97 Å². The van der Waals surface area contributed by atoms with Crippen LogP contribution in [-0.2, 0) is 9.59 Å². The topological polar surface area (TPSA) is 86.6 Å². The summed E-state index contributed by atoms with van der Waals surface area (Å²) in [5.74, 6) is -1.33. The van der Waals surface area contributed by atoms with E-state index >= 15 is 0 Å². The lowest BCUT2D eigenvalue weighted by atomic mass is 10.1. The zero-order valence-electron chi connectivity index (χ0n) is 12.6. The highest BCUT2D eigenvalue weighted by Crippen LogP contribution is 2.09. The summed E-state index contributed by atoms with van der Waals surface area (Å²) in [5, 5.41) is 20.0. The van der Waals surface area contributed by atoms with Crippen LogP contribution >= 0.6 is 0 Å². The Labute approximate surface area is 121 Å². The van der Waals surface area contributed by atoms with E-state index in [9.17, 15) is 9.59 Å². The van der Waals surface area contributed by atoms with Crippen LogP contribution in [0.25, 0.3) is 0 Å². The Morgan fingerprint density at radius 3 is 2.05 bits per heavy atom. The van der Waals surface area contributed by atoms with Gasteiger partial charge in [0.1, 0.15) is 6.04 Å². The first-order valence-electron chi connectivity index (χ1n) is 7.74. The predicted molar refractivity (Wildman–Crippen MR) is 78.5 cm³/mol. The molecule has 1 amide bonds. The average molecular weight is 287 g/mol. The maximum Gasteiger partial charge on any atom is 0.326 e. The monoisotopic (exact) mass is 287 g/mol. The lowest BCUT2D eigenvalue weighted by molar-refractivity contribution is -0.142. The second-order valence-corrected chi connectivity index (χ2v) is 5.20.